The molecule has 1 heterocycles. The van der Waals surface area contributed by atoms with Gasteiger partial charge in [0.05, 0.1) is 16.4 Å². The van der Waals surface area contributed by atoms with Crippen LogP contribution in [0.4, 0.5) is 14.5 Å². The molecule has 0 radical (unpaired) electrons. The van der Waals surface area contributed by atoms with Crippen molar-refractivity contribution in [2.75, 3.05) is 11.9 Å². The largest absolute Gasteiger partial charge is 0.307 e. The predicted octanol–water partition coefficient (Wildman–Crippen LogP) is 4.08. The molecule has 0 fully saturated rings. The fraction of sp³-hybridized carbons (Fsp3) is 0.0588. The first kappa shape index (κ1) is 16.1. The number of aromatic nitrogens is 2. The molecule has 0 unspecified atom stereocenters. The third-order valence-electron chi connectivity index (χ3n) is 3.48. The van der Waals surface area contributed by atoms with Crippen molar-refractivity contribution in [2.45, 2.75) is 0 Å². The summed E-state index contributed by atoms with van der Waals surface area (Å²) in [5.74, 6) is -1.89. The van der Waals surface area contributed by atoms with Gasteiger partial charge in [-0.15, -0.1) is 0 Å². The maximum atomic E-state index is 13.8. The molecule has 0 spiro atoms. The van der Waals surface area contributed by atoms with Gasteiger partial charge in [-0.1, -0.05) is 23.7 Å². The molecule has 0 bridgehead atoms. The molecule has 0 saturated heterocycles. The Morgan fingerprint density at radius 2 is 1.92 bits per heavy atom. The number of para-hydroxylation sites is 1. The number of halogens is 3. The normalized spacial score (nSPS) is 10.7. The minimum Gasteiger partial charge on any atom is -0.307 e. The Balaban J connectivity index is 1.91. The molecule has 0 atom stereocenters. The molecule has 3 rings (SSSR count). The van der Waals surface area contributed by atoms with Gasteiger partial charge in [-0.05, 0) is 30.3 Å². The highest BCUT2D eigenvalue weighted by molar-refractivity contribution is 6.32. The summed E-state index contributed by atoms with van der Waals surface area (Å²) < 4.78 is 28.6. The van der Waals surface area contributed by atoms with E-state index < -0.39 is 17.5 Å². The lowest BCUT2D eigenvalue weighted by Gasteiger charge is -2.16. The Kier molecular flexibility index (Phi) is 4.31. The van der Waals surface area contributed by atoms with E-state index in [2.05, 4.69) is 5.10 Å². The summed E-state index contributed by atoms with van der Waals surface area (Å²) in [6.45, 7) is 0. The van der Waals surface area contributed by atoms with Gasteiger partial charge in [0.15, 0.2) is 5.69 Å². The lowest BCUT2D eigenvalue weighted by atomic mass is 10.2. The highest BCUT2D eigenvalue weighted by Crippen LogP contribution is 2.22. The number of anilines is 1. The van der Waals surface area contributed by atoms with Crippen LogP contribution in [0.25, 0.3) is 5.69 Å². The van der Waals surface area contributed by atoms with E-state index in [1.807, 2.05) is 0 Å². The van der Waals surface area contributed by atoms with Crippen molar-refractivity contribution in [3.05, 3.63) is 77.1 Å². The van der Waals surface area contributed by atoms with Crippen molar-refractivity contribution in [1.82, 2.24) is 9.78 Å². The van der Waals surface area contributed by atoms with Gasteiger partial charge in [0.25, 0.3) is 5.91 Å². The molecule has 3 aromatic rings. The second-order valence-corrected chi connectivity index (χ2v) is 5.46. The number of carbonyl (C=O) groups excluding carboxylic acids is 1. The van der Waals surface area contributed by atoms with E-state index in [-0.39, 0.29) is 11.4 Å². The van der Waals surface area contributed by atoms with Gasteiger partial charge < -0.3 is 4.90 Å². The second-order valence-electron chi connectivity index (χ2n) is 5.06. The number of carbonyl (C=O) groups is 1. The fourth-order valence-electron chi connectivity index (χ4n) is 2.23. The van der Waals surface area contributed by atoms with Crippen molar-refractivity contribution in [3.63, 3.8) is 0 Å². The van der Waals surface area contributed by atoms with Crippen LogP contribution in [0.2, 0.25) is 5.02 Å². The zero-order chi connectivity index (χ0) is 17.3. The number of hydrogen-bond acceptors (Lipinski definition) is 2. The van der Waals surface area contributed by atoms with E-state index in [0.717, 1.165) is 23.1 Å². The first-order chi connectivity index (χ1) is 11.5. The van der Waals surface area contributed by atoms with Crippen molar-refractivity contribution < 1.29 is 13.6 Å². The smallest absolute Gasteiger partial charge is 0.278 e. The molecule has 4 nitrogen and oxygen atoms in total. The maximum Gasteiger partial charge on any atom is 0.278 e. The lowest BCUT2D eigenvalue weighted by Crippen LogP contribution is -2.27. The van der Waals surface area contributed by atoms with Crippen LogP contribution in [-0.4, -0.2) is 22.7 Å². The molecule has 2 aromatic carbocycles. The summed E-state index contributed by atoms with van der Waals surface area (Å²) in [5.41, 5.74) is 0.534. The molecular formula is C17H12ClF2N3O. The lowest BCUT2D eigenvalue weighted by molar-refractivity contribution is 0.0987. The number of nitrogens with zero attached hydrogens (tertiary/aromatic N) is 3. The van der Waals surface area contributed by atoms with Crippen molar-refractivity contribution in [2.24, 2.45) is 0 Å². The van der Waals surface area contributed by atoms with Gasteiger partial charge in [0.2, 0.25) is 0 Å². The van der Waals surface area contributed by atoms with Gasteiger partial charge >= 0.3 is 0 Å². The molecule has 7 heteroatoms. The third kappa shape index (κ3) is 3.00. The zero-order valence-electron chi connectivity index (χ0n) is 12.6. The second kappa shape index (κ2) is 6.41. The summed E-state index contributed by atoms with van der Waals surface area (Å²) in [6.07, 6.45) is 1.57. The van der Waals surface area contributed by atoms with Gasteiger partial charge in [-0.3, -0.25) is 4.79 Å². The Morgan fingerprint density at radius 1 is 1.17 bits per heavy atom. The van der Waals surface area contributed by atoms with Gasteiger partial charge in [-0.2, -0.15) is 5.10 Å². The molecule has 0 saturated carbocycles. The third-order valence-corrected chi connectivity index (χ3v) is 3.80. The Labute approximate surface area is 141 Å². The summed E-state index contributed by atoms with van der Waals surface area (Å²) in [5, 5.41) is 4.64. The van der Waals surface area contributed by atoms with Crippen LogP contribution in [0.15, 0.2) is 54.7 Å². The van der Waals surface area contributed by atoms with E-state index in [1.54, 1.807) is 30.5 Å². The van der Waals surface area contributed by atoms with E-state index in [0.29, 0.717) is 10.7 Å². The van der Waals surface area contributed by atoms with Gasteiger partial charge in [-0.25, -0.2) is 13.5 Å². The molecule has 0 N–H and O–H groups in total. The van der Waals surface area contributed by atoms with Gasteiger partial charge in [0.1, 0.15) is 11.6 Å². The monoisotopic (exact) mass is 347 g/mol. The first-order valence-electron chi connectivity index (χ1n) is 7.01. The van der Waals surface area contributed by atoms with Gasteiger partial charge in [0, 0.05) is 19.3 Å². The van der Waals surface area contributed by atoms with Crippen molar-refractivity contribution >= 4 is 23.2 Å². The summed E-state index contributed by atoms with van der Waals surface area (Å²) in [4.78, 5) is 13.5. The number of hydrogen-bond donors (Lipinski definition) is 0. The topological polar surface area (TPSA) is 38.1 Å². The first-order valence-corrected chi connectivity index (χ1v) is 7.39. The van der Waals surface area contributed by atoms with Crippen LogP contribution in [0, 0.1) is 11.6 Å². The zero-order valence-corrected chi connectivity index (χ0v) is 13.3. The van der Waals surface area contributed by atoms with E-state index in [1.165, 1.54) is 17.8 Å². The van der Waals surface area contributed by atoms with Crippen LogP contribution < -0.4 is 4.90 Å². The Morgan fingerprint density at radius 3 is 2.67 bits per heavy atom. The molecule has 0 aliphatic rings. The number of rotatable bonds is 3. The minimum atomic E-state index is -0.696. The average Bonchev–Trinajstić information content (AvgIpc) is 3.06. The standard InChI is InChI=1S/C17H12ClF2N3O/c1-22(16-10-11(19)6-7-13(16)20)17(24)14-8-9-23(21-14)15-5-3-2-4-12(15)18/h2-10H,1H3. The van der Waals surface area contributed by atoms with Crippen LogP contribution in [0.5, 0.6) is 0 Å². The Hall–Kier alpha value is -2.73. The quantitative estimate of drug-likeness (QED) is 0.716. The van der Waals surface area contributed by atoms with Crippen LogP contribution in [0.3, 0.4) is 0 Å². The van der Waals surface area contributed by atoms with E-state index >= 15 is 0 Å². The van der Waals surface area contributed by atoms with E-state index in [9.17, 15) is 13.6 Å². The van der Waals surface area contributed by atoms with E-state index in [4.69, 9.17) is 11.6 Å². The SMILES string of the molecule is CN(C(=O)c1ccn(-c2ccccc2Cl)n1)c1cc(F)ccc1F. The molecule has 1 aromatic heterocycles. The van der Waals surface area contributed by atoms with Crippen molar-refractivity contribution in [3.8, 4) is 5.69 Å². The van der Waals surface area contributed by atoms with Crippen LogP contribution >= 0.6 is 11.6 Å². The summed E-state index contributed by atoms with van der Waals surface area (Å²) >= 11 is 6.10. The number of benzene rings is 2. The molecule has 1 amide bonds. The highest BCUT2D eigenvalue weighted by Gasteiger charge is 2.20. The Bertz CT molecular complexity index is 910. The molecule has 122 valence electrons. The molecule has 0 aliphatic heterocycles. The van der Waals surface area contributed by atoms with Crippen LogP contribution in [-0.2, 0) is 0 Å². The highest BCUT2D eigenvalue weighted by atomic mass is 35.5. The molecular weight excluding hydrogens is 336 g/mol. The maximum absolute atomic E-state index is 13.8. The summed E-state index contributed by atoms with van der Waals surface area (Å²) in [6, 6.07) is 11.4. The summed E-state index contributed by atoms with van der Waals surface area (Å²) in [7, 11) is 1.36. The minimum absolute atomic E-state index is 0.0843. The number of amides is 1. The average molecular weight is 348 g/mol. The molecule has 0 aliphatic carbocycles. The predicted molar refractivity (Wildman–Crippen MR) is 87.7 cm³/mol. The molecule has 24 heavy (non-hydrogen) atoms. The van der Waals surface area contributed by atoms with Crippen molar-refractivity contribution in [1.29, 1.82) is 0 Å². The fourth-order valence-corrected chi connectivity index (χ4v) is 2.46. The van der Waals surface area contributed by atoms with Crippen LogP contribution in [0.1, 0.15) is 10.5 Å².